The minimum absolute atomic E-state index is 0.199. The lowest BCUT2D eigenvalue weighted by Crippen LogP contribution is -2.23. The van der Waals surface area contributed by atoms with Crippen LogP contribution in [0.25, 0.3) is 0 Å². The molecule has 0 aliphatic rings. The molecule has 2 nitrogen and oxygen atoms in total. The van der Waals surface area contributed by atoms with Gasteiger partial charge in [0.25, 0.3) is 0 Å². The van der Waals surface area contributed by atoms with Crippen molar-refractivity contribution in [2.24, 2.45) is 5.73 Å². The minimum atomic E-state index is -0.199. The third-order valence-electron chi connectivity index (χ3n) is 2.08. The van der Waals surface area contributed by atoms with Gasteiger partial charge in [-0.1, -0.05) is 24.4 Å². The lowest BCUT2D eigenvalue weighted by Gasteiger charge is -2.16. The first-order chi connectivity index (χ1) is 7.08. The van der Waals surface area contributed by atoms with Crippen molar-refractivity contribution in [3.63, 3.8) is 0 Å². The topological polar surface area (TPSA) is 29.3 Å². The number of benzene rings is 1. The van der Waals surface area contributed by atoms with Gasteiger partial charge >= 0.3 is 0 Å². The normalized spacial score (nSPS) is 10.6. The molecule has 0 radical (unpaired) electrons. The lowest BCUT2D eigenvalue weighted by atomic mass is 10.2. The van der Waals surface area contributed by atoms with Crippen LogP contribution >= 0.6 is 12.2 Å². The summed E-state index contributed by atoms with van der Waals surface area (Å²) >= 11 is 4.79. The van der Waals surface area contributed by atoms with Crippen LogP contribution in [0.2, 0.25) is 0 Å². The van der Waals surface area contributed by atoms with Crippen LogP contribution in [0.1, 0.15) is 12.0 Å². The van der Waals surface area contributed by atoms with Crippen LogP contribution in [0, 0.1) is 5.82 Å². The highest BCUT2D eigenvalue weighted by Crippen LogP contribution is 2.06. The number of halogens is 1. The Kier molecular flexibility index (Phi) is 4.65. The van der Waals surface area contributed by atoms with Crippen molar-refractivity contribution >= 4 is 17.2 Å². The quantitative estimate of drug-likeness (QED) is 0.778. The molecule has 0 bridgehead atoms. The second-order valence-electron chi connectivity index (χ2n) is 3.58. The molecular formula is C11H15FN2S. The van der Waals surface area contributed by atoms with Gasteiger partial charge in [-0.15, -0.1) is 0 Å². The number of thiocarbonyl (C=S) groups is 1. The van der Waals surface area contributed by atoms with Gasteiger partial charge in [0.1, 0.15) is 5.82 Å². The average molecular weight is 226 g/mol. The van der Waals surface area contributed by atoms with Gasteiger partial charge in [0.05, 0.1) is 4.99 Å². The largest absolute Gasteiger partial charge is 0.393 e. The predicted molar refractivity (Wildman–Crippen MR) is 64.1 cm³/mol. The van der Waals surface area contributed by atoms with E-state index in [-0.39, 0.29) is 5.82 Å². The van der Waals surface area contributed by atoms with Gasteiger partial charge in [0.15, 0.2) is 0 Å². The number of nitrogens with zero attached hydrogens (tertiary/aromatic N) is 1. The van der Waals surface area contributed by atoms with Crippen LogP contribution in [0.5, 0.6) is 0 Å². The fraction of sp³-hybridized carbons (Fsp3) is 0.364. The molecule has 15 heavy (non-hydrogen) atoms. The maximum absolute atomic E-state index is 12.9. The zero-order valence-corrected chi connectivity index (χ0v) is 9.56. The van der Waals surface area contributed by atoms with Crippen LogP contribution < -0.4 is 5.73 Å². The van der Waals surface area contributed by atoms with Crippen molar-refractivity contribution in [2.75, 3.05) is 13.6 Å². The average Bonchev–Trinajstić information content (AvgIpc) is 2.15. The van der Waals surface area contributed by atoms with E-state index in [1.54, 1.807) is 6.07 Å². The first kappa shape index (κ1) is 12.1. The maximum atomic E-state index is 12.9. The summed E-state index contributed by atoms with van der Waals surface area (Å²) < 4.78 is 12.9. The van der Waals surface area contributed by atoms with Crippen LogP contribution in [0.3, 0.4) is 0 Å². The van der Waals surface area contributed by atoms with E-state index in [4.69, 9.17) is 18.0 Å². The molecule has 1 aromatic carbocycles. The highest BCUT2D eigenvalue weighted by Gasteiger charge is 2.01. The fourth-order valence-corrected chi connectivity index (χ4v) is 1.42. The van der Waals surface area contributed by atoms with Crippen molar-refractivity contribution in [3.05, 3.63) is 35.6 Å². The Morgan fingerprint density at radius 3 is 2.87 bits per heavy atom. The van der Waals surface area contributed by atoms with Gasteiger partial charge in [0, 0.05) is 19.5 Å². The van der Waals surface area contributed by atoms with E-state index in [0.717, 1.165) is 12.1 Å². The molecule has 82 valence electrons. The van der Waals surface area contributed by atoms with Crippen molar-refractivity contribution in [2.45, 2.75) is 13.0 Å². The van der Waals surface area contributed by atoms with Crippen molar-refractivity contribution < 1.29 is 4.39 Å². The number of rotatable bonds is 5. The Hall–Kier alpha value is -1.00. The summed E-state index contributed by atoms with van der Waals surface area (Å²) in [6.07, 6.45) is 0.696. The molecule has 4 heteroatoms. The van der Waals surface area contributed by atoms with E-state index in [1.807, 2.05) is 13.1 Å². The first-order valence-corrected chi connectivity index (χ1v) is 5.20. The van der Waals surface area contributed by atoms with Gasteiger partial charge in [-0.2, -0.15) is 0 Å². The summed E-state index contributed by atoms with van der Waals surface area (Å²) in [6, 6.07) is 6.60. The standard InChI is InChI=1S/C11H15FN2S/c1-14(6-5-11(13)15)8-9-3-2-4-10(12)7-9/h2-4,7H,5-6,8H2,1H3,(H2,13,15). The number of nitrogens with two attached hydrogens (primary N) is 1. The van der Waals surface area contributed by atoms with Crippen LogP contribution in [-0.2, 0) is 6.54 Å². The predicted octanol–water partition coefficient (Wildman–Crippen LogP) is 1.93. The second-order valence-corrected chi connectivity index (χ2v) is 4.11. The maximum Gasteiger partial charge on any atom is 0.123 e. The Morgan fingerprint density at radius 1 is 1.53 bits per heavy atom. The van der Waals surface area contributed by atoms with E-state index in [1.165, 1.54) is 12.1 Å². The summed E-state index contributed by atoms with van der Waals surface area (Å²) in [7, 11) is 1.96. The third kappa shape index (κ3) is 4.85. The Labute approximate surface area is 94.9 Å². The SMILES string of the molecule is CN(CCC(N)=S)Cc1cccc(F)c1. The van der Waals surface area contributed by atoms with Gasteiger partial charge in [-0.25, -0.2) is 4.39 Å². The Bertz CT molecular complexity index is 341. The monoisotopic (exact) mass is 226 g/mol. The minimum Gasteiger partial charge on any atom is -0.393 e. The summed E-state index contributed by atoms with van der Waals surface area (Å²) in [5.74, 6) is -0.199. The van der Waals surface area contributed by atoms with E-state index >= 15 is 0 Å². The molecule has 0 aliphatic carbocycles. The molecule has 0 fully saturated rings. The van der Waals surface area contributed by atoms with Gasteiger partial charge in [0.2, 0.25) is 0 Å². The molecule has 0 amide bonds. The van der Waals surface area contributed by atoms with Gasteiger partial charge < -0.3 is 10.6 Å². The van der Waals surface area contributed by atoms with Gasteiger partial charge in [-0.05, 0) is 24.7 Å². The molecule has 2 N–H and O–H groups in total. The zero-order valence-electron chi connectivity index (χ0n) is 8.74. The summed E-state index contributed by atoms with van der Waals surface area (Å²) in [5.41, 5.74) is 6.36. The Morgan fingerprint density at radius 2 is 2.27 bits per heavy atom. The zero-order chi connectivity index (χ0) is 11.3. The van der Waals surface area contributed by atoms with Crippen LogP contribution in [0.4, 0.5) is 4.39 Å². The number of hydrogen-bond acceptors (Lipinski definition) is 2. The Balaban J connectivity index is 2.44. The summed E-state index contributed by atoms with van der Waals surface area (Å²) in [6.45, 7) is 1.51. The van der Waals surface area contributed by atoms with Crippen LogP contribution in [-0.4, -0.2) is 23.5 Å². The van der Waals surface area contributed by atoms with E-state index in [9.17, 15) is 4.39 Å². The molecule has 0 saturated heterocycles. The molecule has 0 aromatic heterocycles. The van der Waals surface area contributed by atoms with Gasteiger partial charge in [-0.3, -0.25) is 0 Å². The lowest BCUT2D eigenvalue weighted by molar-refractivity contribution is 0.336. The summed E-state index contributed by atoms with van der Waals surface area (Å²) in [4.78, 5) is 2.58. The molecule has 0 unspecified atom stereocenters. The smallest absolute Gasteiger partial charge is 0.123 e. The second kappa shape index (κ2) is 5.78. The number of hydrogen-bond donors (Lipinski definition) is 1. The molecule has 0 saturated carbocycles. The molecule has 0 atom stereocenters. The van der Waals surface area contributed by atoms with Crippen molar-refractivity contribution in [1.82, 2.24) is 4.90 Å². The summed E-state index contributed by atoms with van der Waals surface area (Å²) in [5, 5.41) is 0. The molecule has 1 rings (SSSR count). The van der Waals surface area contributed by atoms with E-state index in [0.29, 0.717) is 18.0 Å². The third-order valence-corrected chi connectivity index (χ3v) is 2.29. The van der Waals surface area contributed by atoms with Crippen molar-refractivity contribution in [3.8, 4) is 0 Å². The highest BCUT2D eigenvalue weighted by molar-refractivity contribution is 7.80. The van der Waals surface area contributed by atoms with Crippen molar-refractivity contribution in [1.29, 1.82) is 0 Å². The van der Waals surface area contributed by atoms with Crippen LogP contribution in [0.15, 0.2) is 24.3 Å². The fourth-order valence-electron chi connectivity index (χ4n) is 1.33. The molecule has 0 spiro atoms. The molecular weight excluding hydrogens is 211 g/mol. The van der Waals surface area contributed by atoms with E-state index < -0.39 is 0 Å². The highest BCUT2D eigenvalue weighted by atomic mass is 32.1. The molecule has 1 aromatic rings. The molecule has 0 aliphatic heterocycles. The van der Waals surface area contributed by atoms with E-state index in [2.05, 4.69) is 4.90 Å². The molecule has 0 heterocycles. The first-order valence-electron chi connectivity index (χ1n) is 4.79.